The van der Waals surface area contributed by atoms with Crippen LogP contribution in [0.5, 0.6) is 0 Å². The summed E-state index contributed by atoms with van der Waals surface area (Å²) in [4.78, 5) is 16.2. The molecule has 1 aliphatic carbocycles. The third-order valence-electron chi connectivity index (χ3n) is 3.74. The number of hydrogen-bond donors (Lipinski definition) is 0. The SMILES string of the molecule is O=[N+]([O-])c1ccccc1[C@H]1ON1C1CCCCC1. The molecule has 1 saturated heterocycles. The van der Waals surface area contributed by atoms with Gasteiger partial charge in [0.1, 0.15) is 0 Å². The van der Waals surface area contributed by atoms with Gasteiger partial charge in [-0.1, -0.05) is 31.4 Å². The highest BCUT2D eigenvalue weighted by atomic mass is 16.8. The second kappa shape index (κ2) is 4.66. The first kappa shape index (κ1) is 11.6. The number of rotatable bonds is 3. The number of para-hydroxylation sites is 1. The van der Waals surface area contributed by atoms with Gasteiger partial charge < -0.3 is 0 Å². The molecule has 1 aromatic rings. The molecule has 0 bridgehead atoms. The lowest BCUT2D eigenvalue weighted by atomic mass is 9.95. The van der Waals surface area contributed by atoms with E-state index in [1.165, 1.54) is 25.3 Å². The topological polar surface area (TPSA) is 58.7 Å². The summed E-state index contributed by atoms with van der Waals surface area (Å²) in [5, 5.41) is 12.9. The first-order valence-electron chi connectivity index (χ1n) is 6.46. The van der Waals surface area contributed by atoms with Crippen molar-refractivity contribution in [2.45, 2.75) is 44.4 Å². The van der Waals surface area contributed by atoms with Crippen LogP contribution < -0.4 is 0 Å². The van der Waals surface area contributed by atoms with Gasteiger partial charge >= 0.3 is 0 Å². The molecule has 1 unspecified atom stereocenters. The highest BCUT2D eigenvalue weighted by molar-refractivity contribution is 5.42. The van der Waals surface area contributed by atoms with Gasteiger partial charge in [0.05, 0.1) is 10.5 Å². The summed E-state index contributed by atoms with van der Waals surface area (Å²) < 4.78 is 0. The van der Waals surface area contributed by atoms with E-state index < -0.39 is 0 Å². The van der Waals surface area contributed by atoms with Crippen molar-refractivity contribution in [2.75, 3.05) is 0 Å². The molecule has 2 aliphatic rings. The van der Waals surface area contributed by atoms with Crippen molar-refractivity contribution in [1.82, 2.24) is 5.06 Å². The molecule has 18 heavy (non-hydrogen) atoms. The fourth-order valence-electron chi connectivity index (χ4n) is 2.76. The zero-order valence-electron chi connectivity index (χ0n) is 10.1. The predicted octanol–water partition coefficient (Wildman–Crippen LogP) is 3.17. The summed E-state index contributed by atoms with van der Waals surface area (Å²) >= 11 is 0. The van der Waals surface area contributed by atoms with Gasteiger partial charge in [-0.15, -0.1) is 5.06 Å². The molecule has 96 valence electrons. The molecule has 1 aromatic carbocycles. The molecule has 0 radical (unpaired) electrons. The summed E-state index contributed by atoms with van der Waals surface area (Å²) in [6.07, 6.45) is 5.81. The third-order valence-corrected chi connectivity index (χ3v) is 3.74. The van der Waals surface area contributed by atoms with Crippen LogP contribution in [0.1, 0.15) is 43.9 Å². The minimum Gasteiger partial charge on any atom is -0.269 e. The van der Waals surface area contributed by atoms with Crippen molar-refractivity contribution >= 4 is 5.69 Å². The van der Waals surface area contributed by atoms with Crippen molar-refractivity contribution in [1.29, 1.82) is 0 Å². The Hall–Kier alpha value is -1.46. The quantitative estimate of drug-likeness (QED) is 0.468. The van der Waals surface area contributed by atoms with Crippen LogP contribution in [-0.4, -0.2) is 16.0 Å². The number of nitrogens with zero attached hydrogens (tertiary/aromatic N) is 2. The van der Waals surface area contributed by atoms with Gasteiger partial charge in [-0.2, -0.15) is 0 Å². The zero-order chi connectivity index (χ0) is 12.5. The number of hydrogen-bond acceptors (Lipinski definition) is 4. The Bertz CT molecular complexity index is 457. The van der Waals surface area contributed by atoms with E-state index in [9.17, 15) is 10.1 Å². The summed E-state index contributed by atoms with van der Waals surface area (Å²) in [7, 11) is 0. The van der Waals surface area contributed by atoms with Crippen LogP contribution in [0.2, 0.25) is 0 Å². The molecule has 0 N–H and O–H groups in total. The Kier molecular flexibility index (Phi) is 3.01. The first-order chi connectivity index (χ1) is 8.77. The summed E-state index contributed by atoms with van der Waals surface area (Å²) in [6.45, 7) is 0. The van der Waals surface area contributed by atoms with Crippen LogP contribution >= 0.6 is 0 Å². The Labute approximate surface area is 105 Å². The van der Waals surface area contributed by atoms with Gasteiger partial charge in [0.2, 0.25) is 0 Å². The average Bonchev–Trinajstić information content (AvgIpc) is 3.20. The maximum Gasteiger partial charge on any atom is 0.276 e. The van der Waals surface area contributed by atoms with Gasteiger partial charge in [0.15, 0.2) is 6.23 Å². The van der Waals surface area contributed by atoms with Gasteiger partial charge in [-0.05, 0) is 18.9 Å². The largest absolute Gasteiger partial charge is 0.276 e. The van der Waals surface area contributed by atoms with Gasteiger partial charge in [-0.3, -0.25) is 15.0 Å². The average molecular weight is 248 g/mol. The molecule has 3 rings (SSSR count). The molecule has 1 saturated carbocycles. The van der Waals surface area contributed by atoms with E-state index in [0.717, 1.165) is 12.8 Å². The minimum atomic E-state index is -0.337. The molecular formula is C13H16N2O3. The molecule has 0 aromatic heterocycles. The van der Waals surface area contributed by atoms with Crippen LogP contribution in [-0.2, 0) is 4.84 Å². The molecule has 0 amide bonds. The van der Waals surface area contributed by atoms with E-state index in [1.807, 2.05) is 11.1 Å². The lowest BCUT2D eigenvalue weighted by molar-refractivity contribution is -0.385. The van der Waals surface area contributed by atoms with Crippen molar-refractivity contribution < 1.29 is 9.76 Å². The van der Waals surface area contributed by atoms with Gasteiger partial charge in [0, 0.05) is 12.1 Å². The van der Waals surface area contributed by atoms with Crippen molar-refractivity contribution in [2.24, 2.45) is 0 Å². The molecule has 2 fully saturated rings. The maximum atomic E-state index is 11.0. The van der Waals surface area contributed by atoms with Crippen LogP contribution in [0, 0.1) is 10.1 Å². The Morgan fingerprint density at radius 2 is 1.94 bits per heavy atom. The highest BCUT2D eigenvalue weighted by Gasteiger charge is 2.46. The number of benzene rings is 1. The Balaban J connectivity index is 1.75. The van der Waals surface area contributed by atoms with Crippen molar-refractivity contribution in [3.8, 4) is 0 Å². The first-order valence-corrected chi connectivity index (χ1v) is 6.46. The molecule has 0 spiro atoms. The van der Waals surface area contributed by atoms with Gasteiger partial charge in [-0.25, -0.2) is 0 Å². The van der Waals surface area contributed by atoms with E-state index in [1.54, 1.807) is 12.1 Å². The normalized spacial score (nSPS) is 28.0. The fraction of sp³-hybridized carbons (Fsp3) is 0.538. The van der Waals surface area contributed by atoms with Crippen molar-refractivity contribution in [3.05, 3.63) is 39.9 Å². The molecule has 2 atom stereocenters. The lowest BCUT2D eigenvalue weighted by Gasteiger charge is -2.20. The minimum absolute atomic E-state index is 0.154. The number of hydroxylamine groups is 2. The van der Waals surface area contributed by atoms with E-state index >= 15 is 0 Å². The summed E-state index contributed by atoms with van der Waals surface area (Å²) in [6, 6.07) is 7.27. The zero-order valence-corrected chi connectivity index (χ0v) is 10.1. The van der Waals surface area contributed by atoms with Crippen LogP contribution in [0.3, 0.4) is 0 Å². The Morgan fingerprint density at radius 1 is 1.22 bits per heavy atom. The van der Waals surface area contributed by atoms with E-state index in [4.69, 9.17) is 4.84 Å². The number of nitro groups is 1. The molecule has 5 heteroatoms. The smallest absolute Gasteiger partial charge is 0.269 e. The number of nitro benzene ring substituents is 1. The highest BCUT2D eigenvalue weighted by Crippen LogP contribution is 2.45. The third kappa shape index (κ3) is 2.11. The second-order valence-electron chi connectivity index (χ2n) is 4.93. The van der Waals surface area contributed by atoms with Crippen LogP contribution in [0.4, 0.5) is 5.69 Å². The second-order valence-corrected chi connectivity index (χ2v) is 4.93. The predicted molar refractivity (Wildman–Crippen MR) is 65.6 cm³/mol. The monoisotopic (exact) mass is 248 g/mol. The standard InChI is InChI=1S/C13H16N2O3/c16-15(17)12-9-5-4-8-11(12)13-14(18-13)10-6-2-1-3-7-10/h4-5,8-10,13H,1-3,6-7H2/t13-,14?/m1/s1. The summed E-state index contributed by atoms with van der Waals surface area (Å²) in [5.74, 6) is 0. The van der Waals surface area contributed by atoms with Crippen molar-refractivity contribution in [3.63, 3.8) is 0 Å². The Morgan fingerprint density at radius 3 is 2.67 bits per heavy atom. The van der Waals surface area contributed by atoms with E-state index in [-0.39, 0.29) is 16.8 Å². The lowest BCUT2D eigenvalue weighted by Crippen LogP contribution is -2.21. The maximum absolute atomic E-state index is 11.0. The fourth-order valence-corrected chi connectivity index (χ4v) is 2.76. The van der Waals surface area contributed by atoms with Gasteiger partial charge in [0.25, 0.3) is 5.69 Å². The molecule has 1 aliphatic heterocycles. The molecular weight excluding hydrogens is 232 g/mol. The van der Waals surface area contributed by atoms with E-state index in [2.05, 4.69) is 0 Å². The van der Waals surface area contributed by atoms with Crippen LogP contribution in [0.25, 0.3) is 0 Å². The van der Waals surface area contributed by atoms with Crippen LogP contribution in [0.15, 0.2) is 24.3 Å². The molecule has 1 heterocycles. The molecule has 5 nitrogen and oxygen atoms in total. The summed E-state index contributed by atoms with van der Waals surface area (Å²) in [5.41, 5.74) is 0.828. The van der Waals surface area contributed by atoms with E-state index in [0.29, 0.717) is 11.6 Å².